The molecule has 3 aromatic rings. The summed E-state index contributed by atoms with van der Waals surface area (Å²) in [7, 11) is 0. The van der Waals surface area contributed by atoms with Crippen LogP contribution < -0.4 is 11.0 Å². The van der Waals surface area contributed by atoms with Gasteiger partial charge < -0.3 is 20.2 Å². The van der Waals surface area contributed by atoms with Crippen LogP contribution in [0.4, 0.5) is 5.69 Å². The first-order valence-electron chi connectivity index (χ1n) is 10.2. The Balaban J connectivity index is 1.49. The SMILES string of the molecule is CC(C)(C)c1ccc(C(=O)N2CCC[C@H]2C(=O)Nc2ccc3[nH]c(=O)[nH]c3c2)cc1. The summed E-state index contributed by atoms with van der Waals surface area (Å²) in [5.74, 6) is -0.345. The number of hydrogen-bond donors (Lipinski definition) is 3. The number of nitrogens with zero attached hydrogens (tertiary/aromatic N) is 1. The summed E-state index contributed by atoms with van der Waals surface area (Å²) in [5.41, 5.74) is 3.35. The van der Waals surface area contributed by atoms with Gasteiger partial charge in [0, 0.05) is 17.8 Å². The van der Waals surface area contributed by atoms with Crippen molar-refractivity contribution in [1.29, 1.82) is 0 Å². The van der Waals surface area contributed by atoms with Crippen LogP contribution in [0.3, 0.4) is 0 Å². The quantitative estimate of drug-likeness (QED) is 0.622. The van der Waals surface area contributed by atoms with Crippen molar-refractivity contribution < 1.29 is 9.59 Å². The number of carbonyl (C=O) groups is 2. The Morgan fingerprint density at radius 2 is 1.73 bits per heavy atom. The van der Waals surface area contributed by atoms with Gasteiger partial charge in [-0.2, -0.15) is 0 Å². The highest BCUT2D eigenvalue weighted by molar-refractivity contribution is 6.02. The molecule has 1 aliphatic rings. The van der Waals surface area contributed by atoms with E-state index in [1.165, 1.54) is 0 Å². The number of likely N-dealkylation sites (tertiary alicyclic amines) is 1. The van der Waals surface area contributed by atoms with Crippen molar-refractivity contribution in [3.8, 4) is 0 Å². The molecule has 1 aromatic heterocycles. The van der Waals surface area contributed by atoms with Crippen molar-refractivity contribution in [3.05, 3.63) is 64.1 Å². The van der Waals surface area contributed by atoms with Gasteiger partial charge in [-0.3, -0.25) is 9.59 Å². The van der Waals surface area contributed by atoms with E-state index in [9.17, 15) is 14.4 Å². The zero-order chi connectivity index (χ0) is 21.5. The number of nitrogens with one attached hydrogen (secondary N) is 3. The van der Waals surface area contributed by atoms with Gasteiger partial charge in [0.05, 0.1) is 11.0 Å². The summed E-state index contributed by atoms with van der Waals surface area (Å²) >= 11 is 0. The average Bonchev–Trinajstić information content (AvgIpc) is 3.32. The van der Waals surface area contributed by atoms with Crippen LogP contribution >= 0.6 is 0 Å². The molecule has 1 atom stereocenters. The summed E-state index contributed by atoms with van der Waals surface area (Å²) in [5, 5.41) is 2.88. The number of anilines is 1. The molecule has 0 unspecified atom stereocenters. The molecule has 1 saturated heterocycles. The van der Waals surface area contributed by atoms with Crippen LogP contribution in [0.25, 0.3) is 11.0 Å². The van der Waals surface area contributed by atoms with Crippen LogP contribution in [-0.4, -0.2) is 39.3 Å². The largest absolute Gasteiger partial charge is 0.327 e. The molecule has 0 bridgehead atoms. The maximum Gasteiger partial charge on any atom is 0.323 e. The molecule has 0 spiro atoms. The minimum absolute atomic E-state index is 0.0164. The van der Waals surface area contributed by atoms with Gasteiger partial charge in [-0.15, -0.1) is 0 Å². The molecule has 1 aliphatic heterocycles. The van der Waals surface area contributed by atoms with Crippen LogP contribution in [0, 0.1) is 0 Å². The van der Waals surface area contributed by atoms with Crippen molar-refractivity contribution in [1.82, 2.24) is 14.9 Å². The topological polar surface area (TPSA) is 98.1 Å². The molecular formula is C23H26N4O3. The summed E-state index contributed by atoms with van der Waals surface area (Å²) < 4.78 is 0. The Morgan fingerprint density at radius 1 is 1.03 bits per heavy atom. The highest BCUT2D eigenvalue weighted by atomic mass is 16.2. The fourth-order valence-corrected chi connectivity index (χ4v) is 3.90. The summed E-state index contributed by atoms with van der Waals surface area (Å²) in [4.78, 5) is 44.4. The fraction of sp³-hybridized carbons (Fsp3) is 0.348. The number of hydrogen-bond acceptors (Lipinski definition) is 3. The molecule has 30 heavy (non-hydrogen) atoms. The van der Waals surface area contributed by atoms with E-state index in [4.69, 9.17) is 0 Å². The molecule has 0 saturated carbocycles. The van der Waals surface area contributed by atoms with E-state index in [1.54, 1.807) is 23.1 Å². The first-order chi connectivity index (χ1) is 14.2. The zero-order valence-corrected chi connectivity index (χ0v) is 17.4. The molecule has 2 amide bonds. The third-order valence-corrected chi connectivity index (χ3v) is 5.60. The van der Waals surface area contributed by atoms with Gasteiger partial charge in [0.1, 0.15) is 6.04 Å². The third-order valence-electron chi connectivity index (χ3n) is 5.60. The first kappa shape index (κ1) is 19.9. The van der Waals surface area contributed by atoms with Gasteiger partial charge in [-0.25, -0.2) is 4.79 Å². The number of fused-ring (bicyclic) bond motifs is 1. The van der Waals surface area contributed by atoms with Gasteiger partial charge in [0.2, 0.25) is 5.91 Å². The van der Waals surface area contributed by atoms with E-state index in [-0.39, 0.29) is 22.9 Å². The Labute approximate surface area is 174 Å². The Morgan fingerprint density at radius 3 is 2.43 bits per heavy atom. The van der Waals surface area contributed by atoms with Crippen LogP contribution in [0.15, 0.2) is 47.3 Å². The predicted octanol–water partition coefficient (Wildman–Crippen LogP) is 3.40. The van der Waals surface area contributed by atoms with Crippen LogP contribution in [0.5, 0.6) is 0 Å². The Bertz CT molecular complexity index is 1150. The van der Waals surface area contributed by atoms with Crippen molar-refractivity contribution in [2.24, 2.45) is 0 Å². The van der Waals surface area contributed by atoms with E-state index in [1.807, 2.05) is 24.3 Å². The van der Waals surface area contributed by atoms with Crippen molar-refractivity contribution in [2.45, 2.75) is 45.1 Å². The minimum atomic E-state index is -0.513. The first-order valence-corrected chi connectivity index (χ1v) is 10.2. The smallest absolute Gasteiger partial charge is 0.323 e. The molecular weight excluding hydrogens is 380 g/mol. The van der Waals surface area contributed by atoms with Gasteiger partial charge >= 0.3 is 5.69 Å². The van der Waals surface area contributed by atoms with Crippen molar-refractivity contribution in [3.63, 3.8) is 0 Å². The van der Waals surface area contributed by atoms with Gasteiger partial charge in [0.15, 0.2) is 0 Å². The number of carbonyl (C=O) groups excluding carboxylic acids is 2. The van der Waals surface area contributed by atoms with Crippen molar-refractivity contribution in [2.75, 3.05) is 11.9 Å². The Hall–Kier alpha value is -3.35. The molecule has 0 aliphatic carbocycles. The number of imidazole rings is 1. The number of benzene rings is 2. The fourth-order valence-electron chi connectivity index (χ4n) is 3.90. The van der Waals surface area contributed by atoms with E-state index in [0.717, 1.165) is 12.0 Å². The van der Waals surface area contributed by atoms with Gasteiger partial charge in [-0.1, -0.05) is 32.9 Å². The highest BCUT2D eigenvalue weighted by Crippen LogP contribution is 2.25. The number of H-pyrrole nitrogens is 2. The summed E-state index contributed by atoms with van der Waals surface area (Å²) in [6, 6.07) is 12.3. The van der Waals surface area contributed by atoms with E-state index in [2.05, 4.69) is 36.1 Å². The van der Waals surface area contributed by atoms with Crippen LogP contribution in [0.2, 0.25) is 0 Å². The lowest BCUT2D eigenvalue weighted by Crippen LogP contribution is -2.43. The highest BCUT2D eigenvalue weighted by Gasteiger charge is 2.34. The molecule has 7 heteroatoms. The van der Waals surface area contributed by atoms with Gasteiger partial charge in [0.25, 0.3) is 5.91 Å². The third kappa shape index (κ3) is 3.87. The maximum absolute atomic E-state index is 13.1. The van der Waals surface area contributed by atoms with E-state index >= 15 is 0 Å². The molecule has 1 fully saturated rings. The lowest BCUT2D eigenvalue weighted by atomic mass is 9.86. The van der Waals surface area contributed by atoms with Crippen LogP contribution in [-0.2, 0) is 10.2 Å². The second kappa shape index (κ2) is 7.48. The molecule has 2 heterocycles. The number of aromatic nitrogens is 2. The number of aromatic amines is 2. The van der Waals surface area contributed by atoms with Crippen LogP contribution in [0.1, 0.15) is 49.5 Å². The molecule has 7 nitrogen and oxygen atoms in total. The lowest BCUT2D eigenvalue weighted by molar-refractivity contribution is -0.119. The summed E-state index contributed by atoms with van der Waals surface area (Å²) in [6.07, 6.45) is 1.41. The molecule has 156 valence electrons. The zero-order valence-electron chi connectivity index (χ0n) is 17.4. The van der Waals surface area contributed by atoms with E-state index < -0.39 is 6.04 Å². The second-order valence-electron chi connectivity index (χ2n) is 8.81. The normalized spacial score (nSPS) is 16.8. The predicted molar refractivity (Wildman–Crippen MR) is 117 cm³/mol. The number of amides is 2. The molecule has 0 radical (unpaired) electrons. The molecule has 4 rings (SSSR count). The second-order valence-corrected chi connectivity index (χ2v) is 8.81. The monoisotopic (exact) mass is 406 g/mol. The van der Waals surface area contributed by atoms with E-state index in [0.29, 0.717) is 35.2 Å². The molecule has 3 N–H and O–H groups in total. The standard InChI is InChI=1S/C23H26N4O3/c1-23(2,3)15-8-6-14(7-9-15)21(29)27-12-4-5-19(27)20(28)24-16-10-11-17-18(13-16)26-22(30)25-17/h6-11,13,19H,4-5,12H2,1-3H3,(H,24,28)(H2,25,26,30)/t19-/m0/s1. The molecule has 2 aromatic carbocycles. The summed E-state index contributed by atoms with van der Waals surface area (Å²) in [6.45, 7) is 6.95. The average molecular weight is 406 g/mol. The van der Waals surface area contributed by atoms with Gasteiger partial charge in [-0.05, 0) is 54.2 Å². The Kier molecular flexibility index (Phi) is 4.97. The van der Waals surface area contributed by atoms with Crippen molar-refractivity contribution >= 4 is 28.5 Å². The maximum atomic E-state index is 13.1. The minimum Gasteiger partial charge on any atom is -0.327 e. The number of rotatable bonds is 3. The lowest BCUT2D eigenvalue weighted by Gasteiger charge is -2.25.